The molecule has 2 N–H and O–H groups in total. The number of hydrogen-bond acceptors (Lipinski definition) is 7. The lowest BCUT2D eigenvalue weighted by Gasteiger charge is -2.08. The van der Waals surface area contributed by atoms with Gasteiger partial charge < -0.3 is 10.6 Å². The smallest absolute Gasteiger partial charge is 0.272 e. The Morgan fingerprint density at radius 2 is 1.94 bits per heavy atom. The van der Waals surface area contributed by atoms with Crippen LogP contribution in [0.15, 0.2) is 76.2 Å². The number of amides is 1. The van der Waals surface area contributed by atoms with Crippen LogP contribution in [-0.4, -0.2) is 27.4 Å². The first-order valence-corrected chi connectivity index (χ1v) is 11.2. The summed E-state index contributed by atoms with van der Waals surface area (Å²) < 4.78 is 28.9. The molecule has 1 aromatic carbocycles. The van der Waals surface area contributed by atoms with Crippen LogP contribution < -0.4 is 10.6 Å². The van der Waals surface area contributed by atoms with Crippen LogP contribution in [-0.2, 0) is 6.42 Å². The second kappa shape index (κ2) is 10.3. The van der Waals surface area contributed by atoms with Gasteiger partial charge in [-0.15, -0.1) is 0 Å². The van der Waals surface area contributed by atoms with Gasteiger partial charge in [0.2, 0.25) is 0 Å². The topological polar surface area (TPSA) is 79.8 Å². The van der Waals surface area contributed by atoms with E-state index in [1.165, 1.54) is 35.7 Å². The zero-order chi connectivity index (χ0) is 22.3. The third kappa shape index (κ3) is 5.65. The van der Waals surface area contributed by atoms with Crippen molar-refractivity contribution in [2.24, 2.45) is 0 Å². The van der Waals surface area contributed by atoms with E-state index < -0.39 is 11.7 Å². The summed E-state index contributed by atoms with van der Waals surface area (Å²) in [7, 11) is 0. The van der Waals surface area contributed by atoms with Crippen molar-refractivity contribution < 1.29 is 13.6 Å². The molecule has 0 aliphatic rings. The maximum absolute atomic E-state index is 14.9. The summed E-state index contributed by atoms with van der Waals surface area (Å²) in [6.07, 6.45) is 5.11. The number of benzene rings is 1. The zero-order valence-electron chi connectivity index (χ0n) is 16.6. The summed E-state index contributed by atoms with van der Waals surface area (Å²) >= 11 is 2.50. The highest BCUT2D eigenvalue weighted by Crippen LogP contribution is 2.36. The number of nitrogens with zero attached hydrogens (tertiary/aromatic N) is 3. The summed E-state index contributed by atoms with van der Waals surface area (Å²) in [5.74, 6) is -1.00. The highest BCUT2D eigenvalue weighted by molar-refractivity contribution is 8.01. The molecular weight excluding hydrogens is 452 g/mol. The van der Waals surface area contributed by atoms with E-state index in [1.807, 2.05) is 18.2 Å². The van der Waals surface area contributed by atoms with E-state index in [4.69, 9.17) is 0 Å². The van der Waals surface area contributed by atoms with Crippen molar-refractivity contribution in [3.8, 4) is 0 Å². The number of nitrogens with one attached hydrogen (secondary N) is 2. The molecule has 0 radical (unpaired) electrons. The normalized spacial score (nSPS) is 10.7. The van der Waals surface area contributed by atoms with Crippen molar-refractivity contribution in [1.82, 2.24) is 20.3 Å². The van der Waals surface area contributed by atoms with Gasteiger partial charge in [-0.05, 0) is 42.3 Å². The van der Waals surface area contributed by atoms with E-state index in [0.717, 1.165) is 21.5 Å². The Labute approximate surface area is 191 Å². The fraction of sp³-hybridized carbons (Fsp3) is 0.0909. The highest BCUT2D eigenvalue weighted by Gasteiger charge is 2.18. The monoisotopic (exact) mass is 469 g/mol. The van der Waals surface area contributed by atoms with Crippen LogP contribution in [0, 0.1) is 11.6 Å². The van der Waals surface area contributed by atoms with Crippen LogP contribution in [0.4, 0.5) is 19.7 Å². The Morgan fingerprint density at radius 3 is 2.75 bits per heavy atom. The number of carbonyl (C=O) groups excluding carboxylic acids is 1. The molecule has 0 saturated heterocycles. The average Bonchev–Trinajstić information content (AvgIpc) is 3.22. The third-order valence-corrected chi connectivity index (χ3v) is 6.30. The van der Waals surface area contributed by atoms with Gasteiger partial charge in [-0.2, -0.15) is 0 Å². The Balaban J connectivity index is 1.38. The van der Waals surface area contributed by atoms with Crippen molar-refractivity contribution in [2.75, 3.05) is 11.9 Å². The lowest BCUT2D eigenvalue weighted by Crippen LogP contribution is -2.27. The lowest BCUT2D eigenvalue weighted by atomic mass is 10.1. The van der Waals surface area contributed by atoms with Crippen LogP contribution in [0.25, 0.3) is 0 Å². The van der Waals surface area contributed by atoms with Gasteiger partial charge in [0.1, 0.15) is 11.6 Å². The quantitative estimate of drug-likeness (QED) is 0.375. The van der Waals surface area contributed by atoms with E-state index in [0.29, 0.717) is 17.4 Å². The molecule has 0 atom stereocenters. The standard InChI is InChI=1S/C22H17F2N5OS2/c23-15-5-3-4-14(12-15)7-10-27-21(30)20-19(24)16(8-11-26-20)31-18-13-28-22(32-18)29-17-6-1-2-9-25-17/h1-6,8-9,11-13H,7,10H2,(H,27,30)(H,25,28,29). The number of anilines is 2. The third-order valence-electron chi connectivity index (χ3n) is 4.25. The average molecular weight is 470 g/mol. The summed E-state index contributed by atoms with van der Waals surface area (Å²) in [4.78, 5) is 25.0. The van der Waals surface area contributed by atoms with E-state index in [9.17, 15) is 13.6 Å². The number of aromatic nitrogens is 3. The van der Waals surface area contributed by atoms with E-state index in [1.54, 1.807) is 24.5 Å². The largest absolute Gasteiger partial charge is 0.350 e. The Morgan fingerprint density at radius 1 is 1.03 bits per heavy atom. The Kier molecular flexibility index (Phi) is 7.03. The maximum Gasteiger partial charge on any atom is 0.272 e. The second-order valence-corrected chi connectivity index (χ2v) is 8.91. The van der Waals surface area contributed by atoms with Gasteiger partial charge in [-0.3, -0.25) is 4.79 Å². The SMILES string of the molecule is O=C(NCCc1cccc(F)c1)c1nccc(Sc2cnc(Nc3ccccn3)s2)c1F. The number of halogens is 2. The summed E-state index contributed by atoms with van der Waals surface area (Å²) in [6.45, 7) is 0.234. The number of thiazole rings is 1. The first-order chi connectivity index (χ1) is 15.6. The van der Waals surface area contributed by atoms with E-state index >= 15 is 0 Å². The first-order valence-electron chi connectivity index (χ1n) is 9.57. The fourth-order valence-corrected chi connectivity index (χ4v) is 4.65. The van der Waals surface area contributed by atoms with Crippen LogP contribution in [0.5, 0.6) is 0 Å². The second-order valence-electron chi connectivity index (χ2n) is 6.53. The molecule has 0 fully saturated rings. The molecule has 10 heteroatoms. The number of carbonyl (C=O) groups is 1. The van der Waals surface area contributed by atoms with Gasteiger partial charge in [-0.1, -0.05) is 41.3 Å². The fourth-order valence-electron chi connectivity index (χ4n) is 2.78. The molecule has 0 bridgehead atoms. The molecule has 0 aliphatic carbocycles. The van der Waals surface area contributed by atoms with Crippen molar-refractivity contribution >= 4 is 40.0 Å². The highest BCUT2D eigenvalue weighted by atomic mass is 32.2. The molecular formula is C22H17F2N5OS2. The predicted molar refractivity (Wildman–Crippen MR) is 120 cm³/mol. The molecule has 32 heavy (non-hydrogen) atoms. The molecule has 6 nitrogen and oxygen atoms in total. The van der Waals surface area contributed by atoms with Gasteiger partial charge in [0.15, 0.2) is 16.6 Å². The van der Waals surface area contributed by atoms with Crippen molar-refractivity contribution in [1.29, 1.82) is 0 Å². The minimum absolute atomic E-state index is 0.234. The van der Waals surface area contributed by atoms with E-state index in [2.05, 4.69) is 25.6 Å². The predicted octanol–water partition coefficient (Wildman–Crippen LogP) is 5.08. The van der Waals surface area contributed by atoms with Crippen molar-refractivity contribution in [2.45, 2.75) is 15.5 Å². The lowest BCUT2D eigenvalue weighted by molar-refractivity contribution is 0.0944. The molecule has 1 amide bonds. The number of hydrogen-bond donors (Lipinski definition) is 2. The minimum atomic E-state index is -0.701. The van der Waals surface area contributed by atoms with Crippen molar-refractivity contribution in [3.05, 3.63) is 90.0 Å². The first kappa shape index (κ1) is 21.8. The molecule has 162 valence electrons. The van der Waals surface area contributed by atoms with Crippen LogP contribution >= 0.6 is 23.1 Å². The molecule has 4 aromatic rings. The molecule has 3 aromatic heterocycles. The summed E-state index contributed by atoms with van der Waals surface area (Å²) in [6, 6.07) is 13.1. The zero-order valence-corrected chi connectivity index (χ0v) is 18.2. The molecule has 0 unspecified atom stereocenters. The summed E-state index contributed by atoms with van der Waals surface area (Å²) in [5.41, 5.74) is 0.453. The van der Waals surface area contributed by atoms with Gasteiger partial charge in [0, 0.05) is 18.9 Å². The van der Waals surface area contributed by atoms with Crippen LogP contribution in [0.3, 0.4) is 0 Å². The Hall–Kier alpha value is -3.37. The van der Waals surface area contributed by atoms with E-state index in [-0.39, 0.29) is 23.0 Å². The Bertz CT molecular complexity index is 1220. The van der Waals surface area contributed by atoms with Gasteiger partial charge in [0.25, 0.3) is 5.91 Å². The van der Waals surface area contributed by atoms with Gasteiger partial charge in [-0.25, -0.2) is 23.7 Å². The van der Waals surface area contributed by atoms with Gasteiger partial charge in [0.05, 0.1) is 15.3 Å². The molecule has 4 rings (SSSR count). The maximum atomic E-state index is 14.9. The van der Waals surface area contributed by atoms with Crippen molar-refractivity contribution in [3.63, 3.8) is 0 Å². The molecule has 0 saturated carbocycles. The molecule has 0 aliphatic heterocycles. The van der Waals surface area contributed by atoms with Crippen LogP contribution in [0.1, 0.15) is 16.1 Å². The molecule has 3 heterocycles. The number of pyridine rings is 2. The number of rotatable bonds is 8. The minimum Gasteiger partial charge on any atom is -0.350 e. The van der Waals surface area contributed by atoms with Crippen LogP contribution in [0.2, 0.25) is 0 Å². The summed E-state index contributed by atoms with van der Waals surface area (Å²) in [5, 5.41) is 6.34. The molecule has 0 spiro atoms. The van der Waals surface area contributed by atoms with Gasteiger partial charge >= 0.3 is 0 Å².